The molecule has 5 heteroatoms. The highest BCUT2D eigenvalue weighted by Crippen LogP contribution is 2.20. The smallest absolute Gasteiger partial charge is 0.210 e. The number of benzene rings is 1. The number of ketones is 1. The van der Waals surface area contributed by atoms with Crippen LogP contribution in [-0.4, -0.2) is 12.4 Å². The second-order valence-electron chi connectivity index (χ2n) is 3.91. The summed E-state index contributed by atoms with van der Waals surface area (Å²) in [7, 11) is 0. The molecule has 1 aromatic carbocycles. The van der Waals surface area contributed by atoms with E-state index in [9.17, 15) is 13.6 Å². The van der Waals surface area contributed by atoms with Gasteiger partial charge in [-0.1, -0.05) is 6.92 Å². The van der Waals surface area contributed by atoms with Gasteiger partial charge in [0.05, 0.1) is 4.88 Å². The molecule has 0 aliphatic rings. The molecule has 0 aliphatic heterocycles. The van der Waals surface area contributed by atoms with E-state index in [-0.39, 0.29) is 18.1 Å². The Morgan fingerprint density at radius 1 is 1.26 bits per heavy atom. The van der Waals surface area contributed by atoms with Crippen molar-refractivity contribution in [3.05, 3.63) is 51.7 Å². The lowest BCUT2D eigenvalue weighted by molar-refractivity contribution is 0.0923. The van der Waals surface area contributed by atoms with Gasteiger partial charge in [-0.15, -0.1) is 11.3 Å². The number of carbonyl (C=O) groups is 1. The minimum Gasteiger partial charge on any atom is -0.482 e. The normalized spacial score (nSPS) is 10.5. The van der Waals surface area contributed by atoms with Crippen LogP contribution in [0.1, 0.15) is 21.5 Å². The highest BCUT2D eigenvalue weighted by molar-refractivity contribution is 7.14. The van der Waals surface area contributed by atoms with E-state index in [2.05, 4.69) is 0 Å². The maximum Gasteiger partial charge on any atom is 0.210 e. The van der Waals surface area contributed by atoms with Crippen molar-refractivity contribution in [2.45, 2.75) is 13.3 Å². The fourth-order valence-electron chi connectivity index (χ4n) is 1.52. The largest absolute Gasteiger partial charge is 0.482 e. The second kappa shape index (κ2) is 5.93. The van der Waals surface area contributed by atoms with Crippen LogP contribution in [0.15, 0.2) is 30.3 Å². The SMILES string of the molecule is CCc1ccc(C(=O)COc2ccc(F)cc2F)s1. The van der Waals surface area contributed by atoms with Crippen LogP contribution < -0.4 is 4.74 Å². The van der Waals surface area contributed by atoms with Gasteiger partial charge in [-0.3, -0.25) is 4.79 Å². The van der Waals surface area contributed by atoms with Crippen molar-refractivity contribution in [3.63, 3.8) is 0 Å². The quantitative estimate of drug-likeness (QED) is 0.779. The Labute approximate surface area is 113 Å². The third kappa shape index (κ3) is 3.38. The monoisotopic (exact) mass is 282 g/mol. The number of ether oxygens (including phenoxy) is 1. The van der Waals surface area contributed by atoms with Crippen LogP contribution in [0.25, 0.3) is 0 Å². The van der Waals surface area contributed by atoms with Crippen LogP contribution in [0.4, 0.5) is 8.78 Å². The van der Waals surface area contributed by atoms with Crippen LogP contribution in [0, 0.1) is 11.6 Å². The van der Waals surface area contributed by atoms with E-state index in [1.54, 1.807) is 6.07 Å². The summed E-state index contributed by atoms with van der Waals surface area (Å²) in [6.45, 7) is 1.75. The molecule has 0 saturated heterocycles. The molecule has 0 saturated carbocycles. The Balaban J connectivity index is 2.00. The molecule has 19 heavy (non-hydrogen) atoms. The lowest BCUT2D eigenvalue weighted by Crippen LogP contribution is -2.10. The van der Waals surface area contributed by atoms with Crippen molar-refractivity contribution in [1.82, 2.24) is 0 Å². The van der Waals surface area contributed by atoms with Gasteiger partial charge in [-0.2, -0.15) is 0 Å². The van der Waals surface area contributed by atoms with Crippen molar-refractivity contribution in [2.24, 2.45) is 0 Å². The summed E-state index contributed by atoms with van der Waals surface area (Å²) in [6.07, 6.45) is 0.866. The molecule has 100 valence electrons. The Bertz CT molecular complexity index is 593. The van der Waals surface area contributed by atoms with E-state index in [4.69, 9.17) is 4.74 Å². The molecule has 0 amide bonds. The van der Waals surface area contributed by atoms with E-state index < -0.39 is 11.6 Å². The van der Waals surface area contributed by atoms with Gasteiger partial charge in [0, 0.05) is 10.9 Å². The van der Waals surface area contributed by atoms with E-state index in [1.165, 1.54) is 17.4 Å². The Morgan fingerprint density at radius 3 is 2.68 bits per heavy atom. The molecular weight excluding hydrogens is 270 g/mol. The minimum atomic E-state index is -0.812. The number of halogens is 2. The van der Waals surface area contributed by atoms with Crippen LogP contribution in [0.3, 0.4) is 0 Å². The average molecular weight is 282 g/mol. The van der Waals surface area contributed by atoms with Crippen molar-refractivity contribution in [1.29, 1.82) is 0 Å². The van der Waals surface area contributed by atoms with E-state index in [0.29, 0.717) is 4.88 Å². The maximum atomic E-state index is 13.3. The van der Waals surface area contributed by atoms with Crippen LogP contribution in [0.5, 0.6) is 5.75 Å². The summed E-state index contributed by atoms with van der Waals surface area (Å²) in [6, 6.07) is 6.60. The summed E-state index contributed by atoms with van der Waals surface area (Å²) in [4.78, 5) is 13.5. The van der Waals surface area contributed by atoms with Gasteiger partial charge in [0.25, 0.3) is 0 Å². The number of hydrogen-bond donors (Lipinski definition) is 0. The molecule has 0 unspecified atom stereocenters. The summed E-state index contributed by atoms with van der Waals surface area (Å²) >= 11 is 1.40. The molecule has 2 aromatic rings. The van der Waals surface area contributed by atoms with E-state index in [0.717, 1.165) is 23.4 Å². The zero-order valence-electron chi connectivity index (χ0n) is 10.3. The second-order valence-corrected chi connectivity index (χ2v) is 5.07. The predicted octanol–water partition coefficient (Wildman–Crippen LogP) is 3.85. The zero-order valence-corrected chi connectivity index (χ0v) is 11.1. The number of carbonyl (C=O) groups excluding carboxylic acids is 1. The molecule has 0 fully saturated rings. The Hall–Kier alpha value is -1.75. The van der Waals surface area contributed by atoms with Crippen molar-refractivity contribution in [3.8, 4) is 5.75 Å². The van der Waals surface area contributed by atoms with Gasteiger partial charge >= 0.3 is 0 Å². The topological polar surface area (TPSA) is 26.3 Å². The zero-order chi connectivity index (χ0) is 13.8. The molecule has 1 heterocycles. The predicted molar refractivity (Wildman–Crippen MR) is 69.9 cm³/mol. The molecule has 0 bridgehead atoms. The molecule has 2 rings (SSSR count). The molecule has 0 spiro atoms. The Kier molecular flexibility index (Phi) is 4.27. The van der Waals surface area contributed by atoms with Crippen molar-refractivity contribution in [2.75, 3.05) is 6.61 Å². The number of hydrogen-bond acceptors (Lipinski definition) is 3. The molecule has 0 radical (unpaired) electrons. The summed E-state index contributed by atoms with van der Waals surface area (Å²) in [5, 5.41) is 0. The van der Waals surface area contributed by atoms with Gasteiger partial charge in [0.2, 0.25) is 5.78 Å². The third-order valence-electron chi connectivity index (χ3n) is 2.54. The Morgan fingerprint density at radius 2 is 2.05 bits per heavy atom. The summed E-state index contributed by atoms with van der Waals surface area (Å²) in [5.74, 6) is -1.83. The van der Waals surface area contributed by atoms with E-state index in [1.807, 2.05) is 13.0 Å². The molecule has 2 nitrogen and oxygen atoms in total. The van der Waals surface area contributed by atoms with Crippen LogP contribution in [0.2, 0.25) is 0 Å². The summed E-state index contributed by atoms with van der Waals surface area (Å²) in [5.41, 5.74) is 0. The fourth-order valence-corrected chi connectivity index (χ4v) is 2.40. The lowest BCUT2D eigenvalue weighted by atomic mass is 10.3. The highest BCUT2D eigenvalue weighted by atomic mass is 32.1. The van der Waals surface area contributed by atoms with Gasteiger partial charge < -0.3 is 4.74 Å². The first-order chi connectivity index (χ1) is 9.10. The molecule has 0 atom stereocenters. The first-order valence-corrected chi connectivity index (χ1v) is 6.61. The van der Waals surface area contributed by atoms with Crippen LogP contribution >= 0.6 is 11.3 Å². The number of thiophene rings is 1. The van der Waals surface area contributed by atoms with Gasteiger partial charge in [0.1, 0.15) is 5.82 Å². The fraction of sp³-hybridized carbons (Fsp3) is 0.214. The molecular formula is C14H12F2O2S. The number of aryl methyl sites for hydroxylation is 1. The van der Waals surface area contributed by atoms with E-state index >= 15 is 0 Å². The summed E-state index contributed by atoms with van der Waals surface area (Å²) < 4.78 is 31.0. The average Bonchev–Trinajstić information content (AvgIpc) is 2.86. The molecule has 0 N–H and O–H groups in total. The number of Topliss-reactive ketones (excluding diaryl/α,β-unsaturated/α-hetero) is 1. The first kappa shape index (κ1) is 13.7. The molecule has 0 aliphatic carbocycles. The number of rotatable bonds is 5. The van der Waals surface area contributed by atoms with Crippen LogP contribution in [-0.2, 0) is 6.42 Å². The highest BCUT2D eigenvalue weighted by Gasteiger charge is 2.11. The van der Waals surface area contributed by atoms with Gasteiger partial charge in [-0.05, 0) is 30.7 Å². The lowest BCUT2D eigenvalue weighted by Gasteiger charge is -2.05. The van der Waals surface area contributed by atoms with Crippen molar-refractivity contribution >= 4 is 17.1 Å². The third-order valence-corrected chi connectivity index (χ3v) is 3.81. The standard InChI is InChI=1S/C14H12F2O2S/c1-2-10-4-6-14(19-10)12(17)8-18-13-5-3-9(15)7-11(13)16/h3-7H,2,8H2,1H3. The van der Waals surface area contributed by atoms with Gasteiger partial charge in [-0.25, -0.2) is 8.78 Å². The molecule has 1 aromatic heterocycles. The van der Waals surface area contributed by atoms with Crippen molar-refractivity contribution < 1.29 is 18.3 Å². The maximum absolute atomic E-state index is 13.3. The first-order valence-electron chi connectivity index (χ1n) is 5.80. The van der Waals surface area contributed by atoms with Gasteiger partial charge in [0.15, 0.2) is 18.2 Å². The minimum absolute atomic E-state index is 0.123.